The lowest BCUT2D eigenvalue weighted by molar-refractivity contribution is -0.117. The summed E-state index contributed by atoms with van der Waals surface area (Å²) < 4.78 is 26.7. The number of thioether (sulfide) groups is 1. The van der Waals surface area contributed by atoms with Gasteiger partial charge in [0.15, 0.2) is 10.9 Å². The summed E-state index contributed by atoms with van der Waals surface area (Å²) in [5, 5.41) is -0.332. The number of hydrogen-bond donors (Lipinski definition) is 1. The van der Waals surface area contributed by atoms with Crippen molar-refractivity contribution in [1.29, 1.82) is 0 Å². The number of anilines is 2. The third-order valence-corrected chi connectivity index (χ3v) is 3.73. The SMILES string of the molecule is CC(=O)SC1CC(=O)N(c2c(N)cc(F)cc2F)C1. The van der Waals surface area contributed by atoms with Crippen LogP contribution in [-0.4, -0.2) is 22.8 Å². The van der Waals surface area contributed by atoms with Gasteiger partial charge in [-0.25, -0.2) is 8.78 Å². The Labute approximate surface area is 112 Å². The van der Waals surface area contributed by atoms with Crippen LogP contribution in [0.3, 0.4) is 0 Å². The Morgan fingerprint density at radius 3 is 2.74 bits per heavy atom. The Morgan fingerprint density at radius 2 is 2.16 bits per heavy atom. The molecule has 1 aliphatic heterocycles. The Bertz CT molecular complexity index is 528. The van der Waals surface area contributed by atoms with E-state index in [0.717, 1.165) is 17.8 Å². The lowest BCUT2D eigenvalue weighted by Crippen LogP contribution is -2.27. The molecule has 0 aromatic heterocycles. The van der Waals surface area contributed by atoms with Crippen molar-refractivity contribution in [3.63, 3.8) is 0 Å². The minimum Gasteiger partial charge on any atom is -0.397 e. The fourth-order valence-corrected chi connectivity index (χ4v) is 2.99. The minimum atomic E-state index is -0.876. The van der Waals surface area contributed by atoms with Crippen molar-refractivity contribution in [1.82, 2.24) is 0 Å². The van der Waals surface area contributed by atoms with E-state index in [9.17, 15) is 18.4 Å². The first kappa shape index (κ1) is 13.8. The number of hydrogen-bond acceptors (Lipinski definition) is 4. The number of nitrogens with two attached hydrogens (primary N) is 1. The molecule has 1 aromatic rings. The molecular weight excluding hydrogens is 274 g/mol. The van der Waals surface area contributed by atoms with Crippen molar-refractivity contribution < 1.29 is 18.4 Å². The summed E-state index contributed by atoms with van der Waals surface area (Å²) in [6.07, 6.45) is 0.139. The molecule has 0 radical (unpaired) electrons. The maximum absolute atomic E-state index is 13.7. The maximum Gasteiger partial charge on any atom is 0.228 e. The van der Waals surface area contributed by atoms with Crippen molar-refractivity contribution in [3.05, 3.63) is 23.8 Å². The van der Waals surface area contributed by atoms with Crippen LogP contribution in [0.5, 0.6) is 0 Å². The fraction of sp³-hybridized carbons (Fsp3) is 0.333. The summed E-state index contributed by atoms with van der Waals surface area (Å²) in [5.41, 5.74) is 5.32. The molecule has 1 heterocycles. The van der Waals surface area contributed by atoms with E-state index < -0.39 is 11.6 Å². The summed E-state index contributed by atoms with van der Waals surface area (Å²) in [5.74, 6) is -1.99. The molecule has 4 nitrogen and oxygen atoms in total. The molecule has 1 amide bonds. The second-order valence-corrected chi connectivity index (χ2v) is 5.74. The van der Waals surface area contributed by atoms with Crippen molar-refractivity contribution >= 4 is 34.2 Å². The zero-order chi connectivity index (χ0) is 14.2. The second kappa shape index (κ2) is 5.16. The van der Waals surface area contributed by atoms with Crippen LogP contribution in [0.15, 0.2) is 12.1 Å². The van der Waals surface area contributed by atoms with Gasteiger partial charge in [0.25, 0.3) is 0 Å². The molecule has 1 aromatic carbocycles. The molecule has 0 aliphatic carbocycles. The third-order valence-electron chi connectivity index (χ3n) is 2.75. The molecule has 1 atom stereocenters. The molecule has 0 saturated carbocycles. The Balaban J connectivity index is 2.28. The molecule has 19 heavy (non-hydrogen) atoms. The van der Waals surface area contributed by atoms with Crippen LogP contribution in [0.25, 0.3) is 0 Å². The number of amides is 1. The quantitative estimate of drug-likeness (QED) is 0.844. The summed E-state index contributed by atoms with van der Waals surface area (Å²) in [6.45, 7) is 1.60. The standard InChI is InChI=1S/C12H12F2N2O2S/c1-6(17)19-8-4-11(18)16(5-8)12-9(14)2-7(13)3-10(12)15/h2-3,8H,4-5,15H2,1H3. The first-order valence-electron chi connectivity index (χ1n) is 5.60. The number of benzene rings is 1. The number of nitrogens with zero attached hydrogens (tertiary/aromatic N) is 1. The first-order chi connectivity index (χ1) is 8.88. The van der Waals surface area contributed by atoms with Gasteiger partial charge in [-0.15, -0.1) is 0 Å². The van der Waals surface area contributed by atoms with Crippen LogP contribution >= 0.6 is 11.8 Å². The fourth-order valence-electron chi connectivity index (χ4n) is 2.08. The van der Waals surface area contributed by atoms with Crippen LogP contribution in [0, 0.1) is 11.6 Å². The maximum atomic E-state index is 13.7. The van der Waals surface area contributed by atoms with Crippen molar-refractivity contribution in [2.45, 2.75) is 18.6 Å². The molecule has 7 heteroatoms. The second-order valence-electron chi connectivity index (χ2n) is 4.27. The number of carbonyl (C=O) groups excluding carboxylic acids is 2. The van der Waals surface area contributed by atoms with E-state index in [2.05, 4.69) is 0 Å². The highest BCUT2D eigenvalue weighted by molar-refractivity contribution is 8.14. The van der Waals surface area contributed by atoms with Gasteiger partial charge in [0.2, 0.25) is 5.91 Å². The van der Waals surface area contributed by atoms with Gasteiger partial charge >= 0.3 is 0 Å². The largest absolute Gasteiger partial charge is 0.397 e. The van der Waals surface area contributed by atoms with Gasteiger partial charge in [-0.3, -0.25) is 9.59 Å². The molecule has 102 valence electrons. The lowest BCUT2D eigenvalue weighted by Gasteiger charge is -2.19. The van der Waals surface area contributed by atoms with Gasteiger partial charge in [0.05, 0.1) is 5.69 Å². The Hall–Kier alpha value is -1.63. The van der Waals surface area contributed by atoms with Crippen LogP contribution < -0.4 is 10.6 Å². The summed E-state index contributed by atoms with van der Waals surface area (Å²) in [7, 11) is 0. The average Bonchev–Trinajstić information content (AvgIpc) is 2.57. The van der Waals surface area contributed by atoms with Crippen molar-refractivity contribution in [3.8, 4) is 0 Å². The molecule has 2 N–H and O–H groups in total. The van der Waals surface area contributed by atoms with Gasteiger partial charge in [0.1, 0.15) is 11.5 Å². The summed E-state index contributed by atoms with van der Waals surface area (Å²) in [6, 6.07) is 1.65. The zero-order valence-electron chi connectivity index (χ0n) is 10.2. The highest BCUT2D eigenvalue weighted by Crippen LogP contribution is 2.34. The van der Waals surface area contributed by atoms with E-state index in [-0.39, 0.29) is 40.6 Å². The lowest BCUT2D eigenvalue weighted by atomic mass is 10.2. The molecule has 1 saturated heterocycles. The van der Waals surface area contributed by atoms with Gasteiger partial charge in [-0.2, -0.15) is 0 Å². The van der Waals surface area contributed by atoms with Gasteiger partial charge in [-0.05, 0) is 6.07 Å². The Kier molecular flexibility index (Phi) is 3.75. The van der Waals surface area contributed by atoms with E-state index in [1.54, 1.807) is 0 Å². The predicted octanol–water partition coefficient (Wildman–Crippen LogP) is 1.93. The van der Waals surface area contributed by atoms with E-state index in [1.165, 1.54) is 11.8 Å². The number of nitrogen functional groups attached to an aromatic ring is 1. The van der Waals surface area contributed by atoms with Crippen molar-refractivity contribution in [2.75, 3.05) is 17.2 Å². The highest BCUT2D eigenvalue weighted by atomic mass is 32.2. The van der Waals surface area contributed by atoms with Gasteiger partial charge in [-0.1, -0.05) is 11.8 Å². The molecule has 1 unspecified atom stereocenters. The third kappa shape index (κ3) is 2.86. The van der Waals surface area contributed by atoms with Gasteiger partial charge in [0, 0.05) is 31.2 Å². The van der Waals surface area contributed by atoms with Crippen molar-refractivity contribution in [2.24, 2.45) is 0 Å². The van der Waals surface area contributed by atoms with E-state index in [4.69, 9.17) is 5.73 Å². The number of halogens is 2. The normalized spacial score (nSPS) is 19.0. The number of carbonyl (C=O) groups is 2. The first-order valence-corrected chi connectivity index (χ1v) is 6.48. The van der Waals surface area contributed by atoms with E-state index >= 15 is 0 Å². The summed E-state index contributed by atoms with van der Waals surface area (Å²) in [4.78, 5) is 24.0. The minimum absolute atomic E-state index is 0.104. The van der Waals surface area contributed by atoms with E-state index in [0.29, 0.717) is 6.07 Å². The van der Waals surface area contributed by atoms with Crippen LogP contribution in [-0.2, 0) is 9.59 Å². The molecule has 2 rings (SSSR count). The number of rotatable bonds is 2. The molecule has 1 fully saturated rings. The zero-order valence-corrected chi connectivity index (χ0v) is 11.0. The smallest absolute Gasteiger partial charge is 0.228 e. The Morgan fingerprint density at radius 1 is 1.47 bits per heavy atom. The predicted molar refractivity (Wildman–Crippen MR) is 69.8 cm³/mol. The average molecular weight is 286 g/mol. The monoisotopic (exact) mass is 286 g/mol. The van der Waals surface area contributed by atoms with Crippen LogP contribution in [0.4, 0.5) is 20.2 Å². The van der Waals surface area contributed by atoms with Gasteiger partial charge < -0.3 is 10.6 Å². The molecule has 1 aliphatic rings. The van der Waals surface area contributed by atoms with E-state index in [1.807, 2.05) is 0 Å². The highest BCUT2D eigenvalue weighted by Gasteiger charge is 2.34. The molecule has 0 spiro atoms. The van der Waals surface area contributed by atoms with Crippen LogP contribution in [0.2, 0.25) is 0 Å². The molecular formula is C12H12F2N2O2S. The topological polar surface area (TPSA) is 63.4 Å². The van der Waals surface area contributed by atoms with Crippen LogP contribution in [0.1, 0.15) is 13.3 Å². The summed E-state index contributed by atoms with van der Waals surface area (Å²) >= 11 is 1.04. The molecule has 0 bridgehead atoms.